The van der Waals surface area contributed by atoms with Crippen molar-refractivity contribution in [2.45, 2.75) is 55.6 Å². The van der Waals surface area contributed by atoms with E-state index in [2.05, 4.69) is 45.5 Å². The summed E-state index contributed by atoms with van der Waals surface area (Å²) in [6.45, 7) is 0.0656. The van der Waals surface area contributed by atoms with E-state index in [1.807, 2.05) is 133 Å². The lowest BCUT2D eigenvalue weighted by molar-refractivity contribution is -0.124. The number of hydrogen-bond donors (Lipinski definition) is 5. The number of fused-ring (bicyclic) bond motifs is 6. The van der Waals surface area contributed by atoms with Gasteiger partial charge in [-0.25, -0.2) is 9.59 Å². The number of nitrogens with one attached hydrogen (secondary N) is 4. The molecule has 11 heteroatoms. The van der Waals surface area contributed by atoms with Gasteiger partial charge in [0.05, 0.1) is 12.6 Å². The fraction of sp³-hybridized carbons (Fsp3) is 0.245. The quantitative estimate of drug-likeness (QED) is 0.0557. The van der Waals surface area contributed by atoms with Crippen LogP contribution in [0, 0.1) is 0 Å². The van der Waals surface area contributed by atoms with Crippen LogP contribution in [0.25, 0.3) is 22.3 Å². The molecule has 0 radical (unpaired) electrons. The van der Waals surface area contributed by atoms with Crippen molar-refractivity contribution < 1.29 is 33.8 Å². The molecule has 1 unspecified atom stereocenters. The lowest BCUT2D eigenvalue weighted by Gasteiger charge is -2.23. The summed E-state index contributed by atoms with van der Waals surface area (Å²) in [5, 5.41) is 21.7. The monoisotopic (exact) mass is 856 g/mol. The van der Waals surface area contributed by atoms with Crippen LogP contribution in [-0.2, 0) is 31.9 Å². The minimum atomic E-state index is -0.991. The number of aliphatic hydroxyl groups is 1. The maximum absolute atomic E-state index is 13.8. The molecular weight excluding hydrogens is 805 g/mol. The standard InChI is InChI=1S/C53H52N4O7/c58-32-37(55-51(60)49(31-36-18-5-2-6-19-36)57-53(62)64-34-47-44-27-13-9-23-40(44)41-24-10-14-28-45(41)47)20-15-29-54-50(59)48(30-35-16-3-1-4-17-35)56-52(61)63-33-46-42-25-11-7-21-38(42)39-22-8-12-26-43(39)46/h1-14,16-19,21-28,37,46-49,58H,15,20,29-34H2,(H,54,59)(H,55,60)(H,56,61)(H,57,62)/t37?,48-,49+/m1/s1. The summed E-state index contributed by atoms with van der Waals surface area (Å²) in [4.78, 5) is 54.1. The fourth-order valence-electron chi connectivity index (χ4n) is 8.88. The predicted molar refractivity (Wildman–Crippen MR) is 246 cm³/mol. The Bertz CT molecular complexity index is 2480. The highest BCUT2D eigenvalue weighted by molar-refractivity contribution is 5.87. The van der Waals surface area contributed by atoms with Crippen molar-refractivity contribution in [3.63, 3.8) is 0 Å². The van der Waals surface area contributed by atoms with E-state index in [9.17, 15) is 24.3 Å². The number of carbonyl (C=O) groups is 4. The molecule has 2 aliphatic carbocycles. The van der Waals surface area contributed by atoms with Crippen molar-refractivity contribution in [1.82, 2.24) is 21.3 Å². The van der Waals surface area contributed by atoms with Gasteiger partial charge in [0.15, 0.2) is 0 Å². The summed E-state index contributed by atoms with van der Waals surface area (Å²) >= 11 is 0. The topological polar surface area (TPSA) is 155 Å². The second kappa shape index (κ2) is 20.8. The third-order valence-corrected chi connectivity index (χ3v) is 12.1. The molecule has 0 fully saturated rings. The molecule has 0 saturated heterocycles. The second-order valence-corrected chi connectivity index (χ2v) is 16.2. The Morgan fingerprint density at radius 2 is 0.859 bits per heavy atom. The van der Waals surface area contributed by atoms with Gasteiger partial charge in [-0.15, -0.1) is 0 Å². The van der Waals surface area contributed by atoms with Gasteiger partial charge in [0.1, 0.15) is 25.3 Å². The van der Waals surface area contributed by atoms with E-state index >= 15 is 0 Å². The minimum Gasteiger partial charge on any atom is -0.449 e. The van der Waals surface area contributed by atoms with Gasteiger partial charge in [-0.05, 0) is 68.5 Å². The highest BCUT2D eigenvalue weighted by atomic mass is 16.6. The molecule has 0 saturated carbocycles. The van der Waals surface area contributed by atoms with Crippen molar-refractivity contribution in [2.75, 3.05) is 26.4 Å². The molecule has 11 nitrogen and oxygen atoms in total. The van der Waals surface area contributed by atoms with Gasteiger partial charge < -0.3 is 35.8 Å². The summed E-state index contributed by atoms with van der Waals surface area (Å²) in [7, 11) is 0. The molecule has 0 bridgehead atoms. The summed E-state index contributed by atoms with van der Waals surface area (Å²) in [5.74, 6) is -1.14. The van der Waals surface area contributed by atoms with Crippen LogP contribution < -0.4 is 21.3 Å². The van der Waals surface area contributed by atoms with Crippen LogP contribution >= 0.6 is 0 Å². The number of carbonyl (C=O) groups excluding carboxylic acids is 4. The van der Waals surface area contributed by atoms with Gasteiger partial charge in [0.25, 0.3) is 0 Å². The summed E-state index contributed by atoms with van der Waals surface area (Å²) in [5.41, 5.74) is 10.5. The van der Waals surface area contributed by atoms with Crippen molar-refractivity contribution in [3.8, 4) is 22.3 Å². The van der Waals surface area contributed by atoms with E-state index in [1.54, 1.807) is 0 Å². The van der Waals surface area contributed by atoms with Crippen LogP contribution in [0.1, 0.15) is 58.1 Å². The van der Waals surface area contributed by atoms with Crippen molar-refractivity contribution in [2.24, 2.45) is 0 Å². The van der Waals surface area contributed by atoms with Crippen molar-refractivity contribution in [3.05, 3.63) is 191 Å². The molecule has 3 atom stereocenters. The van der Waals surface area contributed by atoms with E-state index in [1.165, 1.54) is 0 Å². The van der Waals surface area contributed by atoms with E-state index in [0.717, 1.165) is 55.6 Å². The zero-order valence-electron chi connectivity index (χ0n) is 35.5. The molecule has 0 aliphatic heterocycles. The summed E-state index contributed by atoms with van der Waals surface area (Å²) in [6, 6.07) is 48.5. The molecule has 0 aromatic heterocycles. The maximum atomic E-state index is 13.8. The Kier molecular flexibility index (Phi) is 14.1. The smallest absolute Gasteiger partial charge is 0.407 e. The Morgan fingerprint density at radius 3 is 1.27 bits per heavy atom. The normalized spacial score (nSPS) is 13.8. The van der Waals surface area contributed by atoms with Gasteiger partial charge in [0.2, 0.25) is 11.8 Å². The largest absolute Gasteiger partial charge is 0.449 e. The molecule has 0 spiro atoms. The lowest BCUT2D eigenvalue weighted by Crippen LogP contribution is -2.52. The predicted octanol–water partition coefficient (Wildman–Crippen LogP) is 7.66. The molecule has 6 aromatic carbocycles. The minimum absolute atomic E-state index is 0.0952. The SMILES string of the molecule is O=C(N[C@@H](Cc1ccccc1)C(=O)NC(CO)CCCNC(=O)[C@@H](Cc1ccccc1)NC(=O)OCC1c2ccccc2-c2ccccc21)OCC1c2ccccc2-c2ccccc21. The van der Waals surface area contributed by atoms with Crippen molar-refractivity contribution in [1.29, 1.82) is 0 Å². The third-order valence-electron chi connectivity index (χ3n) is 12.1. The molecule has 6 aromatic rings. The van der Waals surface area contributed by atoms with Crippen LogP contribution in [-0.4, -0.2) is 73.6 Å². The number of amides is 4. The second-order valence-electron chi connectivity index (χ2n) is 16.2. The molecule has 8 rings (SSSR count). The Labute approximate surface area is 373 Å². The molecule has 0 heterocycles. The first-order valence-corrected chi connectivity index (χ1v) is 21.9. The van der Waals surface area contributed by atoms with Gasteiger partial charge in [-0.1, -0.05) is 158 Å². The zero-order chi connectivity index (χ0) is 44.3. The number of rotatable bonds is 18. The number of hydrogen-bond acceptors (Lipinski definition) is 7. The molecule has 64 heavy (non-hydrogen) atoms. The third kappa shape index (κ3) is 10.3. The van der Waals surface area contributed by atoms with Crippen LogP contribution in [0.3, 0.4) is 0 Å². The highest BCUT2D eigenvalue weighted by Crippen LogP contribution is 2.45. The highest BCUT2D eigenvalue weighted by Gasteiger charge is 2.32. The molecule has 4 amide bonds. The molecule has 2 aliphatic rings. The maximum Gasteiger partial charge on any atom is 0.407 e. The summed E-state index contributed by atoms with van der Waals surface area (Å²) in [6.07, 6.45) is -0.246. The van der Waals surface area contributed by atoms with Gasteiger partial charge in [-0.2, -0.15) is 0 Å². The van der Waals surface area contributed by atoms with Crippen LogP contribution in [0.15, 0.2) is 158 Å². The number of ether oxygens (including phenoxy) is 2. The number of alkyl carbamates (subject to hydrolysis) is 2. The van der Waals surface area contributed by atoms with Gasteiger partial charge in [0, 0.05) is 31.2 Å². The first-order valence-electron chi connectivity index (χ1n) is 21.9. The number of aliphatic hydroxyl groups excluding tert-OH is 1. The van der Waals surface area contributed by atoms with E-state index < -0.39 is 42.1 Å². The van der Waals surface area contributed by atoms with Crippen LogP contribution in [0.4, 0.5) is 9.59 Å². The fourth-order valence-corrected chi connectivity index (χ4v) is 8.88. The van der Waals surface area contributed by atoms with Crippen LogP contribution in [0.2, 0.25) is 0 Å². The van der Waals surface area contributed by atoms with Crippen LogP contribution in [0.5, 0.6) is 0 Å². The Morgan fingerprint density at radius 1 is 0.484 bits per heavy atom. The first-order chi connectivity index (χ1) is 31.4. The Hall–Kier alpha value is -7.24. The summed E-state index contributed by atoms with van der Waals surface area (Å²) < 4.78 is 11.6. The van der Waals surface area contributed by atoms with Gasteiger partial charge >= 0.3 is 12.2 Å². The average Bonchev–Trinajstić information content (AvgIpc) is 3.83. The lowest BCUT2D eigenvalue weighted by atomic mass is 9.98. The van der Waals surface area contributed by atoms with E-state index in [0.29, 0.717) is 12.8 Å². The Balaban J connectivity index is 0.843. The van der Waals surface area contributed by atoms with E-state index in [4.69, 9.17) is 9.47 Å². The van der Waals surface area contributed by atoms with Crippen molar-refractivity contribution >= 4 is 24.0 Å². The zero-order valence-corrected chi connectivity index (χ0v) is 35.5. The molecule has 5 N–H and O–H groups in total. The molecular formula is C53H52N4O7. The van der Waals surface area contributed by atoms with Gasteiger partial charge in [-0.3, -0.25) is 9.59 Å². The number of benzene rings is 6. The van der Waals surface area contributed by atoms with E-state index in [-0.39, 0.29) is 51.0 Å². The first kappa shape index (κ1) is 43.4. The average molecular weight is 857 g/mol. The molecule has 326 valence electrons.